The Bertz CT molecular complexity index is 971. The van der Waals surface area contributed by atoms with Crippen LogP contribution in [0.4, 0.5) is 5.82 Å². The minimum atomic E-state index is -4.38. The Kier molecular flexibility index (Phi) is 4.35. The zero-order chi connectivity index (χ0) is 19.4. The van der Waals surface area contributed by atoms with Crippen molar-refractivity contribution in [2.45, 2.75) is 17.9 Å². The molecule has 0 amide bonds. The van der Waals surface area contributed by atoms with Crippen LogP contribution < -0.4 is 5.73 Å². The van der Waals surface area contributed by atoms with E-state index in [9.17, 15) is 14.5 Å². The minimum Gasteiger partial charge on any atom is -0.480 e. The summed E-state index contributed by atoms with van der Waals surface area (Å²) in [5.74, 6) is -1.39. The number of nitrogens with zero attached hydrogens (tertiary/aromatic N) is 4. The predicted molar refractivity (Wildman–Crippen MR) is 86.7 cm³/mol. The van der Waals surface area contributed by atoms with Crippen LogP contribution in [0, 0.1) is 0 Å². The lowest BCUT2D eigenvalue weighted by atomic mass is 10.1. The lowest BCUT2D eigenvalue weighted by molar-refractivity contribution is -0.141. The average molecular weight is 422 g/mol. The predicted octanol–water partition coefficient (Wildman–Crippen LogP) is -0.270. The molecule has 146 valence electrons. The summed E-state index contributed by atoms with van der Waals surface area (Å²) in [7, 11) is -4.38. The van der Waals surface area contributed by atoms with Crippen LogP contribution in [0.5, 0.6) is 0 Å². The van der Waals surface area contributed by atoms with E-state index in [1.165, 1.54) is 10.9 Å². The molecule has 0 radical (unpaired) electrons. The van der Waals surface area contributed by atoms with E-state index < -0.39 is 38.3 Å². The first kappa shape index (κ1) is 18.5. The highest BCUT2D eigenvalue weighted by molar-refractivity contribution is 7.48. The highest BCUT2D eigenvalue weighted by Gasteiger charge is 2.60. The number of aliphatic hydroxyl groups excluding tert-OH is 1. The van der Waals surface area contributed by atoms with Gasteiger partial charge in [0, 0.05) is 0 Å². The Hall–Kier alpha value is -1.86. The number of carboxylic acids is 1. The monoisotopic (exact) mass is 421 g/mol. The molecule has 4 heterocycles. The van der Waals surface area contributed by atoms with E-state index in [2.05, 4.69) is 15.0 Å². The number of halogens is 1. The van der Waals surface area contributed by atoms with Gasteiger partial charge in [0.05, 0.1) is 19.5 Å². The van der Waals surface area contributed by atoms with Gasteiger partial charge in [-0.25, -0.2) is 14.3 Å². The number of aliphatic hydroxyl groups is 1. The number of imidazole rings is 1. The lowest BCUT2D eigenvalue weighted by Gasteiger charge is -2.33. The van der Waals surface area contributed by atoms with Crippen molar-refractivity contribution in [2.75, 3.05) is 25.6 Å². The second kappa shape index (κ2) is 6.34. The summed E-state index contributed by atoms with van der Waals surface area (Å²) in [5, 5.41) is 19.3. The number of fused-ring (bicyclic) bond motifs is 3. The summed E-state index contributed by atoms with van der Waals surface area (Å²) in [6, 6.07) is 0. The van der Waals surface area contributed by atoms with Gasteiger partial charge in [0.15, 0.2) is 18.1 Å². The fraction of sp³-hybridized carbons (Fsp3) is 0.500. The van der Waals surface area contributed by atoms with Gasteiger partial charge >= 0.3 is 13.8 Å². The summed E-state index contributed by atoms with van der Waals surface area (Å²) in [5.41, 5.74) is 4.21. The van der Waals surface area contributed by atoms with Gasteiger partial charge < -0.3 is 20.7 Å². The van der Waals surface area contributed by atoms with E-state index in [-0.39, 0.29) is 35.5 Å². The molecule has 0 aromatic carbocycles. The number of carboxylic acid groups (broad SMARTS) is 1. The maximum absolute atomic E-state index is 12.8. The SMILES string of the molecule is Nc1nc(Cl)nc2c1ncn2C12CO[C@H](COP(=O)(OCC(=O)O)O1)C2O. The van der Waals surface area contributed by atoms with E-state index in [4.69, 9.17) is 40.7 Å². The van der Waals surface area contributed by atoms with Crippen molar-refractivity contribution >= 4 is 42.4 Å². The molecule has 2 bridgehead atoms. The first-order valence-corrected chi connectivity index (χ1v) is 9.36. The standard InChI is InChI=1S/C12H13ClN5O8P/c13-11-16-9(14)7-10(17-11)18(4-15-7)12-3-23-5(8(12)21)1-24-27(22,26-12)25-2-6(19)20/h4-5,8,21H,1-3H2,(H,19,20)(H2,14,16,17)/t5-,8?,12?,27?/m1/s1. The van der Waals surface area contributed by atoms with Crippen molar-refractivity contribution in [2.24, 2.45) is 0 Å². The van der Waals surface area contributed by atoms with E-state index >= 15 is 0 Å². The van der Waals surface area contributed by atoms with Crippen LogP contribution in [0.25, 0.3) is 11.2 Å². The number of anilines is 1. The molecule has 2 fully saturated rings. The topological polar surface area (TPSA) is 181 Å². The van der Waals surface area contributed by atoms with Gasteiger partial charge in [-0.2, -0.15) is 9.97 Å². The van der Waals surface area contributed by atoms with Crippen molar-refractivity contribution in [1.29, 1.82) is 0 Å². The van der Waals surface area contributed by atoms with Gasteiger partial charge in [-0.1, -0.05) is 0 Å². The maximum Gasteiger partial charge on any atom is 0.477 e. The largest absolute Gasteiger partial charge is 0.480 e. The van der Waals surface area contributed by atoms with Crippen LogP contribution in [0.1, 0.15) is 0 Å². The summed E-state index contributed by atoms with van der Waals surface area (Å²) in [6.07, 6.45) is -1.05. The van der Waals surface area contributed by atoms with E-state index in [1.807, 2.05) is 0 Å². The highest BCUT2D eigenvalue weighted by Crippen LogP contribution is 2.59. The molecule has 2 aromatic rings. The molecule has 2 aliphatic rings. The summed E-state index contributed by atoms with van der Waals surface area (Å²) >= 11 is 5.85. The molecule has 3 unspecified atom stereocenters. The molecular formula is C12H13ClN5O8P. The van der Waals surface area contributed by atoms with E-state index in [0.717, 1.165) is 0 Å². The molecule has 2 saturated heterocycles. The lowest BCUT2D eigenvalue weighted by Crippen LogP contribution is -2.47. The molecule has 4 N–H and O–H groups in total. The molecule has 0 saturated carbocycles. The summed E-state index contributed by atoms with van der Waals surface area (Å²) < 4.78 is 35.0. The van der Waals surface area contributed by atoms with Crippen molar-refractivity contribution in [3.8, 4) is 0 Å². The third-order valence-electron chi connectivity index (χ3n) is 4.14. The number of carbonyl (C=O) groups is 1. The molecule has 0 spiro atoms. The zero-order valence-corrected chi connectivity index (χ0v) is 15.0. The number of rotatable bonds is 4. The number of phosphoric acid groups is 1. The molecule has 15 heteroatoms. The number of phosphoric ester groups is 1. The summed E-state index contributed by atoms with van der Waals surface area (Å²) in [4.78, 5) is 22.7. The Balaban J connectivity index is 1.83. The van der Waals surface area contributed by atoms with Crippen molar-refractivity contribution in [3.63, 3.8) is 0 Å². The third-order valence-corrected chi connectivity index (χ3v) is 5.75. The normalized spacial score (nSPS) is 33.3. The summed E-state index contributed by atoms with van der Waals surface area (Å²) in [6.45, 7) is -1.54. The second-order valence-corrected chi connectivity index (χ2v) is 7.74. The quantitative estimate of drug-likeness (QED) is 0.434. The van der Waals surface area contributed by atoms with Crippen LogP contribution in [0.15, 0.2) is 6.33 Å². The molecule has 2 aliphatic heterocycles. The minimum absolute atomic E-state index is 0.0136. The number of ether oxygens (including phenoxy) is 1. The third kappa shape index (κ3) is 2.97. The van der Waals surface area contributed by atoms with Crippen LogP contribution in [0.3, 0.4) is 0 Å². The van der Waals surface area contributed by atoms with Crippen molar-refractivity contribution < 1.29 is 37.9 Å². The molecule has 4 rings (SSSR count). The number of nitrogens with two attached hydrogens (primary N) is 1. The molecule has 4 atom stereocenters. The Morgan fingerprint density at radius 2 is 2.33 bits per heavy atom. The fourth-order valence-electron chi connectivity index (χ4n) is 2.92. The van der Waals surface area contributed by atoms with Crippen molar-refractivity contribution in [3.05, 3.63) is 11.6 Å². The number of hydrogen-bond acceptors (Lipinski definition) is 11. The molecule has 13 nitrogen and oxygen atoms in total. The van der Waals surface area contributed by atoms with Gasteiger partial charge in [0.2, 0.25) is 11.0 Å². The maximum atomic E-state index is 12.8. The van der Waals surface area contributed by atoms with Gasteiger partial charge in [0.25, 0.3) is 0 Å². The van der Waals surface area contributed by atoms with E-state index in [0.29, 0.717) is 0 Å². The van der Waals surface area contributed by atoms with Crippen LogP contribution >= 0.6 is 19.4 Å². The number of aromatic nitrogens is 4. The smallest absolute Gasteiger partial charge is 0.477 e. The number of aliphatic carboxylic acids is 1. The molecule has 0 aliphatic carbocycles. The van der Waals surface area contributed by atoms with Gasteiger partial charge in [-0.3, -0.25) is 18.1 Å². The van der Waals surface area contributed by atoms with E-state index in [1.54, 1.807) is 0 Å². The Morgan fingerprint density at radius 1 is 1.56 bits per heavy atom. The fourth-order valence-corrected chi connectivity index (χ4v) is 4.51. The highest BCUT2D eigenvalue weighted by atomic mass is 35.5. The molecule has 2 aromatic heterocycles. The van der Waals surface area contributed by atoms with Crippen LogP contribution in [-0.2, 0) is 33.4 Å². The van der Waals surface area contributed by atoms with Crippen molar-refractivity contribution in [1.82, 2.24) is 19.5 Å². The van der Waals surface area contributed by atoms with Gasteiger partial charge in [0.1, 0.15) is 17.7 Å². The molecular weight excluding hydrogens is 409 g/mol. The zero-order valence-electron chi connectivity index (χ0n) is 13.4. The Morgan fingerprint density at radius 3 is 3.07 bits per heavy atom. The van der Waals surface area contributed by atoms with Gasteiger partial charge in [-0.05, 0) is 11.6 Å². The first-order valence-electron chi connectivity index (χ1n) is 7.52. The average Bonchev–Trinajstić information content (AvgIpc) is 3.11. The number of nitrogen functional groups attached to an aromatic ring is 1. The Labute approximate surface area is 155 Å². The van der Waals surface area contributed by atoms with Gasteiger partial charge in [-0.15, -0.1) is 0 Å². The first-order chi connectivity index (χ1) is 12.7. The van der Waals surface area contributed by atoms with Crippen LogP contribution in [0.2, 0.25) is 5.28 Å². The molecule has 27 heavy (non-hydrogen) atoms. The van der Waals surface area contributed by atoms with Crippen LogP contribution in [-0.4, -0.2) is 67.7 Å². The number of hydrogen-bond donors (Lipinski definition) is 3. The second-order valence-electron chi connectivity index (χ2n) is 5.81.